The molecule has 4 heteroatoms. The lowest BCUT2D eigenvalue weighted by atomic mass is 10.0. The number of carboxylic acid groups (broad SMARTS) is 1. The van der Waals surface area contributed by atoms with Crippen molar-refractivity contribution in [1.82, 2.24) is 0 Å². The van der Waals surface area contributed by atoms with Gasteiger partial charge in [0.15, 0.2) is 0 Å². The molecule has 2 rings (SSSR count). The molecule has 0 amide bonds. The van der Waals surface area contributed by atoms with Crippen LogP contribution >= 0.6 is 0 Å². The van der Waals surface area contributed by atoms with Crippen LogP contribution < -0.4 is 4.90 Å². The average Bonchev–Trinajstić information content (AvgIpc) is 2.30. The zero-order chi connectivity index (χ0) is 12.4. The van der Waals surface area contributed by atoms with E-state index in [4.69, 9.17) is 5.11 Å². The van der Waals surface area contributed by atoms with Crippen LogP contribution in [0.2, 0.25) is 0 Å². The number of piperidine rings is 1. The van der Waals surface area contributed by atoms with E-state index in [1.54, 1.807) is 6.07 Å². The van der Waals surface area contributed by atoms with E-state index in [0.717, 1.165) is 25.5 Å². The van der Waals surface area contributed by atoms with E-state index >= 15 is 0 Å². The molecule has 0 aliphatic carbocycles. The first kappa shape index (κ1) is 11.9. The summed E-state index contributed by atoms with van der Waals surface area (Å²) in [6.45, 7) is 2.91. The van der Waals surface area contributed by atoms with Crippen LogP contribution in [0.1, 0.15) is 36.5 Å². The first-order valence-corrected chi connectivity index (χ1v) is 5.89. The van der Waals surface area contributed by atoms with Crippen LogP contribution in [0.4, 0.5) is 10.1 Å². The molecule has 1 atom stereocenters. The van der Waals surface area contributed by atoms with Crippen molar-refractivity contribution in [3.8, 4) is 0 Å². The topological polar surface area (TPSA) is 40.5 Å². The van der Waals surface area contributed by atoms with Gasteiger partial charge in [-0.15, -0.1) is 0 Å². The predicted molar refractivity (Wildman–Crippen MR) is 64.0 cm³/mol. The zero-order valence-electron chi connectivity index (χ0n) is 9.82. The molecule has 92 valence electrons. The Morgan fingerprint density at radius 2 is 2.24 bits per heavy atom. The maximum atomic E-state index is 13.9. The van der Waals surface area contributed by atoms with Crippen molar-refractivity contribution in [1.29, 1.82) is 0 Å². The van der Waals surface area contributed by atoms with E-state index in [9.17, 15) is 9.18 Å². The molecule has 3 nitrogen and oxygen atoms in total. The summed E-state index contributed by atoms with van der Waals surface area (Å²) in [5, 5.41) is 8.78. The minimum atomic E-state index is -1.10. The summed E-state index contributed by atoms with van der Waals surface area (Å²) in [6, 6.07) is 4.44. The van der Waals surface area contributed by atoms with Gasteiger partial charge in [-0.05, 0) is 44.4 Å². The number of carbonyl (C=O) groups is 1. The molecule has 1 fully saturated rings. The molecule has 0 spiro atoms. The largest absolute Gasteiger partial charge is 0.478 e. The number of carboxylic acids is 1. The fourth-order valence-electron chi connectivity index (χ4n) is 2.33. The smallest absolute Gasteiger partial charge is 0.335 e. The number of nitrogens with zero attached hydrogens (tertiary/aromatic N) is 1. The molecule has 1 N–H and O–H groups in total. The third kappa shape index (κ3) is 2.40. The normalized spacial score (nSPS) is 20.4. The molecule has 1 aliphatic rings. The molecule has 1 unspecified atom stereocenters. The van der Waals surface area contributed by atoms with E-state index in [1.165, 1.54) is 12.5 Å². The van der Waals surface area contributed by atoms with E-state index in [2.05, 4.69) is 6.92 Å². The zero-order valence-corrected chi connectivity index (χ0v) is 9.82. The van der Waals surface area contributed by atoms with Gasteiger partial charge in [0.25, 0.3) is 0 Å². The fourth-order valence-corrected chi connectivity index (χ4v) is 2.33. The molecule has 0 aromatic heterocycles. The monoisotopic (exact) mass is 237 g/mol. The Morgan fingerprint density at radius 1 is 1.47 bits per heavy atom. The minimum absolute atomic E-state index is 0.00378. The molecule has 1 aromatic carbocycles. The van der Waals surface area contributed by atoms with E-state index in [1.807, 2.05) is 4.90 Å². The number of benzene rings is 1. The molecule has 17 heavy (non-hydrogen) atoms. The second kappa shape index (κ2) is 4.73. The van der Waals surface area contributed by atoms with Gasteiger partial charge in [-0.2, -0.15) is 0 Å². The van der Waals surface area contributed by atoms with Crippen LogP contribution in [-0.2, 0) is 0 Å². The third-order valence-corrected chi connectivity index (χ3v) is 3.31. The van der Waals surface area contributed by atoms with Crippen molar-refractivity contribution in [2.24, 2.45) is 0 Å². The first-order chi connectivity index (χ1) is 8.09. The summed E-state index contributed by atoms with van der Waals surface area (Å²) in [7, 11) is 0. The van der Waals surface area contributed by atoms with Gasteiger partial charge in [0.2, 0.25) is 0 Å². The Bertz CT molecular complexity index is 433. The number of hydrogen-bond acceptors (Lipinski definition) is 2. The van der Waals surface area contributed by atoms with Crippen molar-refractivity contribution >= 4 is 11.7 Å². The summed E-state index contributed by atoms with van der Waals surface area (Å²) in [5.74, 6) is -1.54. The van der Waals surface area contributed by atoms with E-state index in [0.29, 0.717) is 11.7 Å². The molecule has 0 bridgehead atoms. The predicted octanol–water partition coefficient (Wildman–Crippen LogP) is 2.90. The number of anilines is 1. The van der Waals surface area contributed by atoms with Crippen molar-refractivity contribution in [3.05, 3.63) is 29.6 Å². The summed E-state index contributed by atoms with van der Waals surface area (Å²) in [6.07, 6.45) is 3.29. The third-order valence-electron chi connectivity index (χ3n) is 3.31. The first-order valence-electron chi connectivity index (χ1n) is 5.89. The van der Waals surface area contributed by atoms with Crippen molar-refractivity contribution in [2.45, 2.75) is 32.2 Å². The Morgan fingerprint density at radius 3 is 2.82 bits per heavy atom. The van der Waals surface area contributed by atoms with Crippen LogP contribution in [0.15, 0.2) is 18.2 Å². The highest BCUT2D eigenvalue weighted by Gasteiger charge is 2.21. The highest BCUT2D eigenvalue weighted by molar-refractivity contribution is 5.88. The van der Waals surface area contributed by atoms with Crippen LogP contribution in [0.3, 0.4) is 0 Å². The molecule has 0 saturated carbocycles. The van der Waals surface area contributed by atoms with Gasteiger partial charge >= 0.3 is 5.97 Å². The minimum Gasteiger partial charge on any atom is -0.478 e. The van der Waals surface area contributed by atoms with Crippen LogP contribution in [-0.4, -0.2) is 23.7 Å². The lowest BCUT2D eigenvalue weighted by Crippen LogP contribution is -2.38. The van der Waals surface area contributed by atoms with Gasteiger partial charge in [-0.25, -0.2) is 9.18 Å². The van der Waals surface area contributed by atoms with Crippen LogP contribution in [0.25, 0.3) is 0 Å². The maximum absolute atomic E-state index is 13.9. The van der Waals surface area contributed by atoms with Gasteiger partial charge in [0, 0.05) is 12.6 Å². The highest BCUT2D eigenvalue weighted by Crippen LogP contribution is 2.27. The van der Waals surface area contributed by atoms with E-state index < -0.39 is 11.8 Å². The lowest BCUT2D eigenvalue weighted by Gasteiger charge is -2.35. The molecular formula is C13H16FNO2. The molecule has 1 heterocycles. The van der Waals surface area contributed by atoms with E-state index in [-0.39, 0.29) is 5.56 Å². The van der Waals surface area contributed by atoms with Crippen molar-refractivity contribution in [2.75, 3.05) is 11.4 Å². The standard InChI is InChI=1S/C13H16FNO2/c1-9-4-2-3-7-15(9)12-6-5-10(13(16)17)8-11(12)14/h5-6,8-9H,2-4,7H2,1H3,(H,16,17). The number of hydrogen-bond donors (Lipinski definition) is 1. The highest BCUT2D eigenvalue weighted by atomic mass is 19.1. The second-order valence-electron chi connectivity index (χ2n) is 4.51. The summed E-state index contributed by atoms with van der Waals surface area (Å²) < 4.78 is 13.9. The average molecular weight is 237 g/mol. The summed E-state index contributed by atoms with van der Waals surface area (Å²) in [4.78, 5) is 12.7. The van der Waals surface area contributed by atoms with Gasteiger partial charge in [-0.1, -0.05) is 0 Å². The molecular weight excluding hydrogens is 221 g/mol. The van der Waals surface area contributed by atoms with Gasteiger partial charge < -0.3 is 10.0 Å². The van der Waals surface area contributed by atoms with Gasteiger partial charge in [0.05, 0.1) is 11.3 Å². The van der Waals surface area contributed by atoms with Crippen molar-refractivity contribution < 1.29 is 14.3 Å². The number of halogens is 1. The van der Waals surface area contributed by atoms with Crippen LogP contribution in [0, 0.1) is 5.82 Å². The Labute approximate surface area is 99.9 Å². The molecule has 1 aromatic rings. The number of rotatable bonds is 2. The number of aromatic carboxylic acids is 1. The summed E-state index contributed by atoms with van der Waals surface area (Å²) in [5.41, 5.74) is 0.512. The summed E-state index contributed by atoms with van der Waals surface area (Å²) >= 11 is 0. The quantitative estimate of drug-likeness (QED) is 0.859. The second-order valence-corrected chi connectivity index (χ2v) is 4.51. The SMILES string of the molecule is CC1CCCCN1c1ccc(C(=O)O)cc1F. The molecule has 1 aliphatic heterocycles. The van der Waals surface area contributed by atoms with Gasteiger partial charge in [-0.3, -0.25) is 0 Å². The van der Waals surface area contributed by atoms with Crippen molar-refractivity contribution in [3.63, 3.8) is 0 Å². The van der Waals surface area contributed by atoms with Crippen LogP contribution in [0.5, 0.6) is 0 Å². The molecule has 0 radical (unpaired) electrons. The van der Waals surface area contributed by atoms with Gasteiger partial charge in [0.1, 0.15) is 5.82 Å². The maximum Gasteiger partial charge on any atom is 0.335 e. The fraction of sp³-hybridized carbons (Fsp3) is 0.462. The Kier molecular flexibility index (Phi) is 3.31. The Balaban J connectivity index is 2.29. The lowest BCUT2D eigenvalue weighted by molar-refractivity contribution is 0.0696. The Hall–Kier alpha value is -1.58. The molecule has 1 saturated heterocycles.